The molecule has 0 saturated heterocycles. The van der Waals surface area contributed by atoms with Crippen molar-refractivity contribution in [3.8, 4) is 5.75 Å². The molecule has 1 aromatic rings. The van der Waals surface area contributed by atoms with Crippen LogP contribution in [0.15, 0.2) is 12.1 Å². The molecule has 0 aliphatic heterocycles. The predicted octanol–water partition coefficient (Wildman–Crippen LogP) is 1.50. The Balaban J connectivity index is 3.21. The van der Waals surface area contributed by atoms with E-state index in [1.807, 2.05) is 13.8 Å². The van der Waals surface area contributed by atoms with Gasteiger partial charge in [-0.25, -0.2) is 0 Å². The van der Waals surface area contributed by atoms with Crippen LogP contribution in [0.2, 0.25) is 0 Å². The number of aromatic hydroxyl groups is 1. The molecule has 2 heteroatoms. The first-order chi connectivity index (χ1) is 5.15. The van der Waals surface area contributed by atoms with E-state index in [1.165, 1.54) is 0 Å². The van der Waals surface area contributed by atoms with Crippen molar-refractivity contribution in [1.82, 2.24) is 0 Å². The number of phenols is 1. The molecule has 0 amide bonds. The van der Waals surface area contributed by atoms with Crippen LogP contribution < -0.4 is 0 Å². The molecule has 1 aromatic carbocycles. The van der Waals surface area contributed by atoms with Crippen LogP contribution in [0.1, 0.15) is 16.7 Å². The van der Waals surface area contributed by atoms with Gasteiger partial charge in [-0.1, -0.05) is 12.1 Å². The number of benzene rings is 1. The standard InChI is InChI=1S/C9H12O2/c1-6-3-8(5-10)4-7(2)9(6)11/h3-4,10-11H,5H2,1-2H3. The zero-order valence-corrected chi connectivity index (χ0v) is 6.76. The summed E-state index contributed by atoms with van der Waals surface area (Å²) in [6.07, 6.45) is 0. The summed E-state index contributed by atoms with van der Waals surface area (Å²) in [6, 6.07) is 3.56. The molecule has 0 saturated carbocycles. The summed E-state index contributed by atoms with van der Waals surface area (Å²) in [5.74, 6) is 0.321. The minimum Gasteiger partial charge on any atom is -0.507 e. The summed E-state index contributed by atoms with van der Waals surface area (Å²) in [4.78, 5) is 0. The Bertz CT molecular complexity index is 243. The molecule has 0 radical (unpaired) electrons. The van der Waals surface area contributed by atoms with Gasteiger partial charge in [0.25, 0.3) is 0 Å². The molecule has 0 heterocycles. The van der Waals surface area contributed by atoms with Gasteiger partial charge in [-0.05, 0) is 30.5 Å². The molecular formula is C9H12O2. The number of phenolic OH excluding ortho intramolecular Hbond substituents is 1. The predicted molar refractivity (Wildman–Crippen MR) is 43.5 cm³/mol. The van der Waals surface area contributed by atoms with Crippen molar-refractivity contribution in [1.29, 1.82) is 0 Å². The highest BCUT2D eigenvalue weighted by atomic mass is 16.3. The van der Waals surface area contributed by atoms with E-state index in [1.54, 1.807) is 12.1 Å². The minimum atomic E-state index is 0.0297. The van der Waals surface area contributed by atoms with Crippen LogP contribution in [-0.4, -0.2) is 10.2 Å². The monoisotopic (exact) mass is 152 g/mol. The van der Waals surface area contributed by atoms with Crippen LogP contribution in [0.3, 0.4) is 0 Å². The van der Waals surface area contributed by atoms with E-state index in [4.69, 9.17) is 5.11 Å². The molecule has 11 heavy (non-hydrogen) atoms. The molecule has 1 rings (SSSR count). The summed E-state index contributed by atoms with van der Waals surface area (Å²) in [5, 5.41) is 18.1. The van der Waals surface area contributed by atoms with Crippen molar-refractivity contribution in [3.05, 3.63) is 28.8 Å². The number of aryl methyl sites for hydroxylation is 2. The molecule has 0 fully saturated rings. The number of hydrogen-bond acceptors (Lipinski definition) is 2. The second-order valence-electron chi connectivity index (χ2n) is 2.74. The average Bonchev–Trinajstić information content (AvgIpc) is 1.99. The van der Waals surface area contributed by atoms with E-state index in [-0.39, 0.29) is 6.61 Å². The number of aliphatic hydroxyl groups is 1. The molecule has 2 nitrogen and oxygen atoms in total. The Morgan fingerprint density at radius 2 is 1.64 bits per heavy atom. The summed E-state index contributed by atoms with van der Waals surface area (Å²) in [6.45, 7) is 3.67. The third-order valence-corrected chi connectivity index (χ3v) is 1.73. The fraction of sp³-hybridized carbons (Fsp3) is 0.333. The zero-order chi connectivity index (χ0) is 8.43. The lowest BCUT2D eigenvalue weighted by Gasteiger charge is -2.04. The van der Waals surface area contributed by atoms with E-state index in [0.717, 1.165) is 16.7 Å². The van der Waals surface area contributed by atoms with Crippen LogP contribution in [0, 0.1) is 13.8 Å². The van der Waals surface area contributed by atoms with Crippen molar-refractivity contribution in [3.63, 3.8) is 0 Å². The molecule has 0 atom stereocenters. The van der Waals surface area contributed by atoms with Gasteiger partial charge in [0.15, 0.2) is 0 Å². The van der Waals surface area contributed by atoms with Crippen molar-refractivity contribution in [2.75, 3.05) is 0 Å². The maximum absolute atomic E-state index is 9.34. The molecule has 0 bridgehead atoms. The van der Waals surface area contributed by atoms with Crippen molar-refractivity contribution in [2.45, 2.75) is 20.5 Å². The van der Waals surface area contributed by atoms with Gasteiger partial charge in [-0.2, -0.15) is 0 Å². The summed E-state index contributed by atoms with van der Waals surface area (Å²) in [5.41, 5.74) is 2.47. The highest BCUT2D eigenvalue weighted by Crippen LogP contribution is 2.22. The molecule has 0 aliphatic rings. The van der Waals surface area contributed by atoms with Gasteiger partial charge in [0.05, 0.1) is 6.61 Å². The second kappa shape index (κ2) is 2.93. The average molecular weight is 152 g/mol. The van der Waals surface area contributed by atoms with Crippen molar-refractivity contribution < 1.29 is 10.2 Å². The first-order valence-electron chi connectivity index (χ1n) is 3.55. The maximum atomic E-state index is 9.34. The van der Waals surface area contributed by atoms with E-state index in [9.17, 15) is 5.11 Å². The first-order valence-corrected chi connectivity index (χ1v) is 3.55. The van der Waals surface area contributed by atoms with Gasteiger partial charge >= 0.3 is 0 Å². The topological polar surface area (TPSA) is 40.5 Å². The lowest BCUT2D eigenvalue weighted by Crippen LogP contribution is -1.87. The molecule has 0 spiro atoms. The summed E-state index contributed by atoms with van der Waals surface area (Å²) < 4.78 is 0. The molecule has 0 unspecified atom stereocenters. The lowest BCUT2D eigenvalue weighted by molar-refractivity contribution is 0.281. The van der Waals surface area contributed by atoms with E-state index >= 15 is 0 Å². The van der Waals surface area contributed by atoms with Gasteiger partial charge < -0.3 is 10.2 Å². The number of rotatable bonds is 1. The first kappa shape index (κ1) is 8.08. The summed E-state index contributed by atoms with van der Waals surface area (Å²) in [7, 11) is 0. The van der Waals surface area contributed by atoms with Crippen LogP contribution >= 0.6 is 0 Å². The third-order valence-electron chi connectivity index (χ3n) is 1.73. The van der Waals surface area contributed by atoms with Gasteiger partial charge in [-0.3, -0.25) is 0 Å². The highest BCUT2D eigenvalue weighted by Gasteiger charge is 2.01. The number of hydrogen-bond donors (Lipinski definition) is 2. The Morgan fingerprint density at radius 1 is 1.18 bits per heavy atom. The largest absolute Gasteiger partial charge is 0.507 e. The fourth-order valence-corrected chi connectivity index (χ4v) is 1.14. The summed E-state index contributed by atoms with van der Waals surface area (Å²) >= 11 is 0. The molecular weight excluding hydrogens is 140 g/mol. The van der Waals surface area contributed by atoms with Crippen LogP contribution in [0.4, 0.5) is 0 Å². The molecule has 60 valence electrons. The van der Waals surface area contributed by atoms with Gasteiger partial charge in [0, 0.05) is 0 Å². The van der Waals surface area contributed by atoms with Gasteiger partial charge in [0.1, 0.15) is 5.75 Å². The SMILES string of the molecule is Cc1cc(CO)cc(C)c1O. The lowest BCUT2D eigenvalue weighted by atomic mass is 10.1. The molecule has 0 aliphatic carbocycles. The van der Waals surface area contributed by atoms with Crippen LogP contribution in [-0.2, 0) is 6.61 Å². The Kier molecular flexibility index (Phi) is 2.15. The molecule has 2 N–H and O–H groups in total. The van der Waals surface area contributed by atoms with Crippen LogP contribution in [0.25, 0.3) is 0 Å². The highest BCUT2D eigenvalue weighted by molar-refractivity contribution is 5.41. The quantitative estimate of drug-likeness (QED) is 0.640. The van der Waals surface area contributed by atoms with Gasteiger partial charge in [0.2, 0.25) is 0 Å². The second-order valence-corrected chi connectivity index (χ2v) is 2.74. The zero-order valence-electron chi connectivity index (χ0n) is 6.76. The Hall–Kier alpha value is -1.02. The van der Waals surface area contributed by atoms with E-state index < -0.39 is 0 Å². The fourth-order valence-electron chi connectivity index (χ4n) is 1.14. The van der Waals surface area contributed by atoms with Gasteiger partial charge in [-0.15, -0.1) is 0 Å². The van der Waals surface area contributed by atoms with Crippen molar-refractivity contribution in [2.24, 2.45) is 0 Å². The number of aliphatic hydroxyl groups excluding tert-OH is 1. The normalized spacial score (nSPS) is 10.1. The van der Waals surface area contributed by atoms with Crippen LogP contribution in [0.5, 0.6) is 5.75 Å². The third kappa shape index (κ3) is 1.52. The van der Waals surface area contributed by atoms with E-state index in [2.05, 4.69) is 0 Å². The Labute approximate surface area is 66.1 Å². The van der Waals surface area contributed by atoms with E-state index in [0.29, 0.717) is 5.75 Å². The smallest absolute Gasteiger partial charge is 0.121 e. The minimum absolute atomic E-state index is 0.0297. The molecule has 0 aromatic heterocycles. The Morgan fingerprint density at radius 3 is 2.00 bits per heavy atom. The van der Waals surface area contributed by atoms with Crippen molar-refractivity contribution >= 4 is 0 Å². The maximum Gasteiger partial charge on any atom is 0.121 e.